The van der Waals surface area contributed by atoms with Crippen LogP contribution in [-0.2, 0) is 4.43 Å². The molecular weight excluding hydrogens is 319 g/mol. The van der Waals surface area contributed by atoms with Gasteiger partial charge < -0.3 is 8.84 Å². The second-order valence-corrected chi connectivity index (χ2v) is 11.3. The molecule has 0 aliphatic rings. The maximum atomic E-state index is 13.1. The molecule has 0 bridgehead atoms. The summed E-state index contributed by atoms with van der Waals surface area (Å²) in [7, 11) is -2.68. The zero-order valence-corrected chi connectivity index (χ0v) is 14.1. The highest BCUT2D eigenvalue weighted by atomic mass is 28.4. The standard InChI is InChI=1S/C13H20F3NO4Si/c1-12(2,3)22(4,5)21-10(9-7-6-8-20-9)11(17(18)19)13(14,15)16/h6-8,10-11H,1-5H3/t10-,11+/m1/s1. The lowest BCUT2D eigenvalue weighted by Gasteiger charge is -2.39. The lowest BCUT2D eigenvalue weighted by molar-refractivity contribution is -0.575. The van der Waals surface area contributed by atoms with E-state index in [1.807, 2.05) is 20.8 Å². The first-order chi connectivity index (χ1) is 9.77. The van der Waals surface area contributed by atoms with Gasteiger partial charge in [-0.05, 0) is 30.3 Å². The lowest BCUT2D eigenvalue weighted by atomic mass is 10.1. The predicted octanol–water partition coefficient (Wildman–Crippen LogP) is 4.55. The van der Waals surface area contributed by atoms with Crippen LogP contribution >= 0.6 is 0 Å². The Balaban J connectivity index is 3.29. The Labute approximate surface area is 127 Å². The van der Waals surface area contributed by atoms with E-state index in [1.54, 1.807) is 13.1 Å². The summed E-state index contributed by atoms with van der Waals surface area (Å²) in [6, 6.07) is -0.224. The van der Waals surface area contributed by atoms with Crippen LogP contribution in [0.4, 0.5) is 13.2 Å². The average molecular weight is 339 g/mol. The molecule has 1 rings (SSSR count). The van der Waals surface area contributed by atoms with Crippen molar-refractivity contribution < 1.29 is 26.9 Å². The third-order valence-electron chi connectivity index (χ3n) is 3.90. The van der Waals surface area contributed by atoms with E-state index in [2.05, 4.69) is 0 Å². The van der Waals surface area contributed by atoms with E-state index in [0.29, 0.717) is 0 Å². The summed E-state index contributed by atoms with van der Waals surface area (Å²) in [5, 5.41) is 10.6. The first-order valence-electron chi connectivity index (χ1n) is 6.69. The summed E-state index contributed by atoms with van der Waals surface area (Å²) in [5.41, 5.74) is 0. The summed E-state index contributed by atoms with van der Waals surface area (Å²) in [4.78, 5) is 9.64. The summed E-state index contributed by atoms with van der Waals surface area (Å²) in [6.45, 7) is 8.99. The number of nitrogens with zero attached hydrogens (tertiary/aromatic N) is 1. The van der Waals surface area contributed by atoms with Gasteiger partial charge in [0, 0.05) is 4.92 Å². The molecule has 0 unspecified atom stereocenters. The van der Waals surface area contributed by atoms with Crippen LogP contribution in [0.5, 0.6) is 0 Å². The van der Waals surface area contributed by atoms with Gasteiger partial charge in [-0.3, -0.25) is 10.1 Å². The molecule has 0 aliphatic heterocycles. The fourth-order valence-corrected chi connectivity index (χ4v) is 2.86. The molecule has 126 valence electrons. The summed E-state index contributed by atoms with van der Waals surface area (Å²) in [6.07, 6.45) is -5.67. The minimum Gasteiger partial charge on any atom is -0.466 e. The molecular formula is C13H20F3NO4Si. The van der Waals surface area contributed by atoms with Crippen molar-refractivity contribution in [3.8, 4) is 0 Å². The van der Waals surface area contributed by atoms with Crippen molar-refractivity contribution in [3.05, 3.63) is 34.3 Å². The van der Waals surface area contributed by atoms with Crippen LogP contribution in [0.1, 0.15) is 32.6 Å². The number of furan rings is 1. The van der Waals surface area contributed by atoms with Gasteiger partial charge in [-0.15, -0.1) is 0 Å². The number of hydrogen-bond acceptors (Lipinski definition) is 4. The third kappa shape index (κ3) is 4.10. The van der Waals surface area contributed by atoms with Crippen molar-refractivity contribution in [1.82, 2.24) is 0 Å². The van der Waals surface area contributed by atoms with Crippen LogP contribution in [0.3, 0.4) is 0 Å². The Morgan fingerprint density at radius 2 is 1.86 bits per heavy atom. The maximum Gasteiger partial charge on any atom is 0.460 e. The minimum atomic E-state index is -5.04. The van der Waals surface area contributed by atoms with Crippen molar-refractivity contribution in [3.63, 3.8) is 0 Å². The van der Waals surface area contributed by atoms with E-state index < -0.39 is 36.6 Å². The Kier molecular flexibility index (Phi) is 5.13. The highest BCUT2D eigenvalue weighted by Crippen LogP contribution is 2.43. The molecule has 5 nitrogen and oxygen atoms in total. The molecule has 2 atom stereocenters. The molecule has 22 heavy (non-hydrogen) atoms. The molecule has 0 saturated heterocycles. The van der Waals surface area contributed by atoms with E-state index >= 15 is 0 Å². The fourth-order valence-electron chi connectivity index (χ4n) is 1.63. The topological polar surface area (TPSA) is 65.5 Å². The normalized spacial score (nSPS) is 16.4. The van der Waals surface area contributed by atoms with Crippen LogP contribution in [0, 0.1) is 10.1 Å². The average Bonchev–Trinajstić information content (AvgIpc) is 2.76. The van der Waals surface area contributed by atoms with Crippen molar-refractivity contribution in [2.45, 2.75) is 57.2 Å². The molecule has 0 amide bonds. The molecule has 0 N–H and O–H groups in total. The van der Waals surface area contributed by atoms with E-state index in [1.165, 1.54) is 18.4 Å². The van der Waals surface area contributed by atoms with E-state index in [0.717, 1.165) is 0 Å². The molecule has 9 heteroatoms. The van der Waals surface area contributed by atoms with Gasteiger partial charge >= 0.3 is 12.2 Å². The Hall–Kier alpha value is -1.35. The molecule has 0 aromatic carbocycles. The van der Waals surface area contributed by atoms with E-state index in [9.17, 15) is 23.3 Å². The quantitative estimate of drug-likeness (QED) is 0.448. The third-order valence-corrected chi connectivity index (χ3v) is 8.36. The van der Waals surface area contributed by atoms with Crippen LogP contribution < -0.4 is 0 Å². The SMILES string of the molecule is CC(C)(C)[Si](C)(C)O[C@H](c1ccco1)[C@H]([N+](=O)[O-])C(F)(F)F. The van der Waals surface area contributed by atoms with Gasteiger partial charge in [0.15, 0.2) is 14.4 Å². The second kappa shape index (κ2) is 6.03. The summed E-state index contributed by atoms with van der Waals surface area (Å²) >= 11 is 0. The van der Waals surface area contributed by atoms with Crippen LogP contribution in [0.15, 0.2) is 22.8 Å². The Morgan fingerprint density at radius 1 is 1.32 bits per heavy atom. The molecule has 0 saturated carbocycles. The van der Waals surface area contributed by atoms with Crippen molar-refractivity contribution >= 4 is 8.32 Å². The second-order valence-electron chi connectivity index (χ2n) is 6.59. The zero-order valence-electron chi connectivity index (χ0n) is 13.1. The molecule has 1 heterocycles. The minimum absolute atomic E-state index is 0.191. The smallest absolute Gasteiger partial charge is 0.460 e. The van der Waals surface area contributed by atoms with Gasteiger partial charge in [0.2, 0.25) is 0 Å². The highest BCUT2D eigenvalue weighted by Gasteiger charge is 2.58. The lowest BCUT2D eigenvalue weighted by Crippen LogP contribution is -2.49. The van der Waals surface area contributed by atoms with Gasteiger partial charge in [-0.25, -0.2) is 0 Å². The first-order valence-corrected chi connectivity index (χ1v) is 9.59. The number of halogens is 3. The molecule has 0 fully saturated rings. The first kappa shape index (κ1) is 18.7. The number of nitro groups is 1. The van der Waals surface area contributed by atoms with Crippen molar-refractivity contribution in [2.24, 2.45) is 0 Å². The number of rotatable bonds is 5. The van der Waals surface area contributed by atoms with Gasteiger partial charge in [-0.2, -0.15) is 13.2 Å². The summed E-state index contributed by atoms with van der Waals surface area (Å²) in [5.74, 6) is -0.191. The van der Waals surface area contributed by atoms with Gasteiger partial charge in [-0.1, -0.05) is 20.8 Å². The fraction of sp³-hybridized carbons (Fsp3) is 0.692. The monoisotopic (exact) mass is 339 g/mol. The van der Waals surface area contributed by atoms with Gasteiger partial charge in [0.1, 0.15) is 5.76 Å². The maximum absolute atomic E-state index is 13.1. The number of alkyl halides is 3. The van der Waals surface area contributed by atoms with Crippen LogP contribution in [0.25, 0.3) is 0 Å². The Morgan fingerprint density at radius 3 is 2.18 bits per heavy atom. The molecule has 1 aromatic rings. The van der Waals surface area contributed by atoms with Crippen LogP contribution in [0.2, 0.25) is 18.1 Å². The van der Waals surface area contributed by atoms with Crippen molar-refractivity contribution in [1.29, 1.82) is 0 Å². The largest absolute Gasteiger partial charge is 0.466 e. The molecule has 0 aliphatic carbocycles. The van der Waals surface area contributed by atoms with E-state index in [4.69, 9.17) is 8.84 Å². The van der Waals surface area contributed by atoms with Gasteiger partial charge in [0.25, 0.3) is 0 Å². The summed E-state index contributed by atoms with van der Waals surface area (Å²) < 4.78 is 50.1. The zero-order chi connectivity index (χ0) is 17.3. The molecule has 0 radical (unpaired) electrons. The van der Waals surface area contributed by atoms with Crippen molar-refractivity contribution in [2.75, 3.05) is 0 Å². The highest BCUT2D eigenvalue weighted by molar-refractivity contribution is 6.74. The van der Waals surface area contributed by atoms with Crippen LogP contribution in [-0.4, -0.2) is 25.5 Å². The number of hydrogen-bond donors (Lipinski definition) is 0. The van der Waals surface area contributed by atoms with E-state index in [-0.39, 0.29) is 5.76 Å². The molecule has 1 aromatic heterocycles. The molecule has 0 spiro atoms. The predicted molar refractivity (Wildman–Crippen MR) is 76.6 cm³/mol. The van der Waals surface area contributed by atoms with Gasteiger partial charge in [0.05, 0.1) is 6.26 Å². The Bertz CT molecular complexity index is 508.